The zero-order valence-corrected chi connectivity index (χ0v) is 8.09. The normalized spacial score (nSPS) is 20.8. The monoisotopic (exact) mass is 178 g/mol. The third-order valence-electron chi connectivity index (χ3n) is 2.60. The first-order valence-corrected chi connectivity index (χ1v) is 4.58. The first-order valence-electron chi connectivity index (χ1n) is 4.58. The molecule has 2 heteroatoms. The molecule has 0 saturated carbocycles. The Morgan fingerprint density at radius 3 is 2.69 bits per heavy atom. The van der Waals surface area contributed by atoms with Gasteiger partial charge in [0, 0.05) is 5.57 Å². The summed E-state index contributed by atoms with van der Waals surface area (Å²) in [7, 11) is 3.39. The Balaban J connectivity index is 2.40. The van der Waals surface area contributed by atoms with Gasteiger partial charge in [0.2, 0.25) is 0 Å². The van der Waals surface area contributed by atoms with Gasteiger partial charge in [0.15, 0.2) is 11.5 Å². The van der Waals surface area contributed by atoms with Gasteiger partial charge in [0.1, 0.15) is 0 Å². The van der Waals surface area contributed by atoms with E-state index in [1.807, 2.05) is 0 Å². The molecule has 13 heavy (non-hydrogen) atoms. The topological polar surface area (TPSA) is 18.5 Å². The highest BCUT2D eigenvalue weighted by Gasteiger charge is 2.23. The van der Waals surface area contributed by atoms with Gasteiger partial charge in [-0.2, -0.15) is 0 Å². The highest BCUT2D eigenvalue weighted by atomic mass is 16.5. The molecule has 0 radical (unpaired) electrons. The molecule has 0 unspecified atom stereocenters. The van der Waals surface area contributed by atoms with E-state index >= 15 is 0 Å². The fraction of sp³-hybridized carbons (Fsp3) is 0.455. The van der Waals surface area contributed by atoms with Crippen LogP contribution in [-0.2, 0) is 9.47 Å². The van der Waals surface area contributed by atoms with Gasteiger partial charge in [-0.05, 0) is 30.9 Å². The third kappa shape index (κ3) is 1.26. The van der Waals surface area contributed by atoms with E-state index in [0.717, 1.165) is 30.8 Å². The Kier molecular flexibility index (Phi) is 2.13. The van der Waals surface area contributed by atoms with Crippen LogP contribution in [0.3, 0.4) is 0 Å². The minimum atomic E-state index is 0.886. The van der Waals surface area contributed by atoms with Gasteiger partial charge < -0.3 is 9.47 Å². The summed E-state index contributed by atoms with van der Waals surface area (Å²) in [6, 6.07) is 0. The van der Waals surface area contributed by atoms with Gasteiger partial charge in [-0.25, -0.2) is 0 Å². The lowest BCUT2D eigenvalue weighted by Crippen LogP contribution is -2.05. The number of methoxy groups -OCH3 is 2. The molecule has 0 aromatic carbocycles. The number of rotatable bonds is 2. The second-order valence-electron chi connectivity index (χ2n) is 3.26. The minimum Gasteiger partial charge on any atom is -0.493 e. The van der Waals surface area contributed by atoms with Crippen molar-refractivity contribution in [2.45, 2.75) is 19.3 Å². The van der Waals surface area contributed by atoms with Gasteiger partial charge in [0.25, 0.3) is 0 Å². The van der Waals surface area contributed by atoms with E-state index in [4.69, 9.17) is 9.47 Å². The molecule has 0 spiro atoms. The van der Waals surface area contributed by atoms with E-state index in [1.54, 1.807) is 14.2 Å². The average Bonchev–Trinajstić information content (AvgIpc) is 2.63. The standard InChI is InChI=1S/C11H14O2/c1-12-10-7-6-8-4-3-5-9(8)11(10)13-2/h4,7H,3,5-6H2,1-2H3. The maximum absolute atomic E-state index is 5.35. The Labute approximate surface area is 78.5 Å². The third-order valence-corrected chi connectivity index (χ3v) is 2.60. The van der Waals surface area contributed by atoms with Crippen LogP contribution < -0.4 is 0 Å². The number of hydrogen-bond acceptors (Lipinski definition) is 2. The fourth-order valence-electron chi connectivity index (χ4n) is 1.98. The van der Waals surface area contributed by atoms with Gasteiger partial charge in [-0.3, -0.25) is 0 Å². The van der Waals surface area contributed by atoms with Crippen LogP contribution in [0.2, 0.25) is 0 Å². The molecular weight excluding hydrogens is 164 g/mol. The van der Waals surface area contributed by atoms with Crippen molar-refractivity contribution in [3.8, 4) is 0 Å². The van der Waals surface area contributed by atoms with Crippen molar-refractivity contribution in [2.24, 2.45) is 0 Å². The molecule has 0 heterocycles. The fourth-order valence-corrected chi connectivity index (χ4v) is 1.98. The first-order chi connectivity index (χ1) is 6.36. The van der Waals surface area contributed by atoms with Crippen molar-refractivity contribution in [3.63, 3.8) is 0 Å². The van der Waals surface area contributed by atoms with Crippen molar-refractivity contribution in [1.82, 2.24) is 0 Å². The predicted octanol–water partition coefficient (Wildman–Crippen LogP) is 2.54. The second-order valence-corrected chi connectivity index (χ2v) is 3.26. The maximum atomic E-state index is 5.35. The van der Waals surface area contributed by atoms with Crippen LogP contribution in [0.1, 0.15) is 19.3 Å². The molecule has 0 aromatic heterocycles. The van der Waals surface area contributed by atoms with E-state index in [9.17, 15) is 0 Å². The van der Waals surface area contributed by atoms with E-state index in [-0.39, 0.29) is 0 Å². The lowest BCUT2D eigenvalue weighted by Gasteiger charge is -2.18. The molecule has 0 atom stereocenters. The number of fused-ring (bicyclic) bond motifs is 1. The van der Waals surface area contributed by atoms with Crippen LogP contribution in [-0.4, -0.2) is 14.2 Å². The zero-order valence-electron chi connectivity index (χ0n) is 8.09. The summed E-state index contributed by atoms with van der Waals surface area (Å²) in [6.07, 6.45) is 7.60. The van der Waals surface area contributed by atoms with E-state index < -0.39 is 0 Å². The van der Waals surface area contributed by atoms with Crippen LogP contribution in [0, 0.1) is 0 Å². The largest absolute Gasteiger partial charge is 0.493 e. The molecule has 0 saturated heterocycles. The summed E-state index contributed by atoms with van der Waals surface area (Å²) >= 11 is 0. The molecule has 0 N–H and O–H groups in total. The summed E-state index contributed by atoms with van der Waals surface area (Å²) in [5, 5.41) is 0. The quantitative estimate of drug-likeness (QED) is 0.647. The molecule has 2 nitrogen and oxygen atoms in total. The van der Waals surface area contributed by atoms with Gasteiger partial charge in [-0.15, -0.1) is 0 Å². The molecule has 70 valence electrons. The van der Waals surface area contributed by atoms with Crippen LogP contribution in [0.25, 0.3) is 0 Å². The molecule has 2 aliphatic rings. The molecular formula is C11H14O2. The highest BCUT2D eigenvalue weighted by molar-refractivity contribution is 5.48. The molecule has 0 aliphatic heterocycles. The lowest BCUT2D eigenvalue weighted by molar-refractivity contribution is 0.214. The number of hydrogen-bond donors (Lipinski definition) is 0. The number of allylic oxidation sites excluding steroid dienone is 4. The van der Waals surface area contributed by atoms with Gasteiger partial charge in [0.05, 0.1) is 14.2 Å². The Hall–Kier alpha value is -1.18. The maximum Gasteiger partial charge on any atom is 0.163 e. The molecule has 0 fully saturated rings. The van der Waals surface area contributed by atoms with Crippen molar-refractivity contribution >= 4 is 0 Å². The molecule has 0 aromatic rings. The van der Waals surface area contributed by atoms with Crippen LogP contribution in [0.5, 0.6) is 0 Å². The van der Waals surface area contributed by atoms with Crippen LogP contribution in [0.15, 0.2) is 34.8 Å². The summed E-state index contributed by atoms with van der Waals surface area (Å²) in [5.74, 6) is 1.81. The highest BCUT2D eigenvalue weighted by Crippen LogP contribution is 2.37. The van der Waals surface area contributed by atoms with Crippen LogP contribution in [0.4, 0.5) is 0 Å². The SMILES string of the molecule is COC1=CCC2=CCCC2=C1OC. The average molecular weight is 178 g/mol. The second kappa shape index (κ2) is 3.29. The lowest BCUT2D eigenvalue weighted by atomic mass is 9.98. The molecule has 0 bridgehead atoms. The minimum absolute atomic E-state index is 0.886. The molecule has 2 aliphatic carbocycles. The molecule has 0 amide bonds. The first kappa shape index (κ1) is 8.42. The van der Waals surface area contributed by atoms with E-state index in [2.05, 4.69) is 12.2 Å². The van der Waals surface area contributed by atoms with Gasteiger partial charge in [-0.1, -0.05) is 6.08 Å². The van der Waals surface area contributed by atoms with Crippen molar-refractivity contribution < 1.29 is 9.47 Å². The smallest absolute Gasteiger partial charge is 0.163 e. The zero-order chi connectivity index (χ0) is 9.26. The summed E-state index contributed by atoms with van der Waals surface area (Å²) in [6.45, 7) is 0. The van der Waals surface area contributed by atoms with E-state index in [0.29, 0.717) is 0 Å². The molecule has 2 rings (SSSR count). The summed E-state index contributed by atoms with van der Waals surface area (Å²) in [5.41, 5.74) is 2.75. The van der Waals surface area contributed by atoms with Crippen molar-refractivity contribution in [1.29, 1.82) is 0 Å². The number of ether oxygens (including phenoxy) is 2. The van der Waals surface area contributed by atoms with Gasteiger partial charge >= 0.3 is 0 Å². The predicted molar refractivity (Wildman–Crippen MR) is 51.1 cm³/mol. The Bertz CT molecular complexity index is 308. The van der Waals surface area contributed by atoms with Crippen molar-refractivity contribution in [2.75, 3.05) is 14.2 Å². The summed E-state index contributed by atoms with van der Waals surface area (Å²) in [4.78, 5) is 0. The Morgan fingerprint density at radius 2 is 2.00 bits per heavy atom. The summed E-state index contributed by atoms with van der Waals surface area (Å²) < 4.78 is 10.6. The van der Waals surface area contributed by atoms with Crippen molar-refractivity contribution in [3.05, 3.63) is 34.8 Å². The van der Waals surface area contributed by atoms with E-state index in [1.165, 1.54) is 11.1 Å². The Morgan fingerprint density at radius 1 is 1.15 bits per heavy atom. The van der Waals surface area contributed by atoms with Crippen LogP contribution >= 0.6 is 0 Å².